The van der Waals surface area contributed by atoms with Gasteiger partial charge >= 0.3 is 5.97 Å². The number of nitrogens with zero attached hydrogens (tertiary/aromatic N) is 1. The van der Waals surface area contributed by atoms with Crippen LogP contribution in [-0.2, 0) is 10.3 Å². The molecule has 1 spiro atoms. The molecule has 30 heavy (non-hydrogen) atoms. The fraction of sp³-hybridized carbons (Fsp3) is 0.240. The molecule has 5 heteroatoms. The Bertz CT molecular complexity index is 1180. The lowest BCUT2D eigenvalue weighted by atomic mass is 9.77. The van der Waals surface area contributed by atoms with E-state index in [0.29, 0.717) is 22.7 Å². The Morgan fingerprint density at radius 2 is 1.73 bits per heavy atom. The summed E-state index contributed by atoms with van der Waals surface area (Å²) >= 11 is 0. The van der Waals surface area contributed by atoms with Crippen molar-refractivity contribution in [2.45, 2.75) is 26.4 Å². The Morgan fingerprint density at radius 3 is 2.50 bits per heavy atom. The molecule has 0 saturated heterocycles. The first-order valence-corrected chi connectivity index (χ1v) is 10.3. The van der Waals surface area contributed by atoms with Crippen molar-refractivity contribution in [3.05, 3.63) is 82.4 Å². The zero-order valence-corrected chi connectivity index (χ0v) is 17.4. The van der Waals surface area contributed by atoms with E-state index < -0.39 is 5.60 Å². The van der Waals surface area contributed by atoms with E-state index in [1.807, 2.05) is 55.5 Å². The van der Waals surface area contributed by atoms with Gasteiger partial charge in [0.15, 0.2) is 5.60 Å². The summed E-state index contributed by atoms with van der Waals surface area (Å²) in [5, 5.41) is 0. The minimum absolute atomic E-state index is 0.336. The number of hydrogen-bond acceptors (Lipinski definition) is 5. The Morgan fingerprint density at radius 1 is 0.967 bits per heavy atom. The summed E-state index contributed by atoms with van der Waals surface area (Å²) in [7, 11) is 0. The molecule has 0 aromatic heterocycles. The lowest BCUT2D eigenvalue weighted by Crippen LogP contribution is -2.33. The molecule has 2 heterocycles. The fourth-order valence-corrected chi connectivity index (χ4v) is 4.74. The van der Waals surface area contributed by atoms with Gasteiger partial charge in [0.05, 0.1) is 5.56 Å². The minimum Gasteiger partial charge on any atom is -0.456 e. The third-order valence-corrected chi connectivity index (χ3v) is 6.13. The second-order valence-corrected chi connectivity index (χ2v) is 7.79. The molecule has 0 amide bonds. The molecule has 0 bridgehead atoms. The number of anilines is 2. The van der Waals surface area contributed by atoms with Crippen molar-refractivity contribution in [2.75, 3.05) is 23.7 Å². The van der Waals surface area contributed by atoms with E-state index in [1.54, 1.807) is 0 Å². The number of aryl methyl sites for hydroxylation is 1. The van der Waals surface area contributed by atoms with Crippen molar-refractivity contribution in [2.24, 2.45) is 0 Å². The van der Waals surface area contributed by atoms with Gasteiger partial charge in [0, 0.05) is 47.2 Å². The molecule has 2 aliphatic rings. The minimum atomic E-state index is -1.07. The normalized spacial score (nSPS) is 18.3. The molecule has 3 aromatic rings. The number of esters is 1. The van der Waals surface area contributed by atoms with Crippen LogP contribution in [0.15, 0.2) is 54.6 Å². The number of fused-ring (bicyclic) bond motifs is 6. The Hall–Kier alpha value is -3.47. The van der Waals surface area contributed by atoms with Crippen molar-refractivity contribution in [1.82, 2.24) is 0 Å². The van der Waals surface area contributed by atoms with E-state index in [2.05, 4.69) is 24.8 Å². The molecule has 0 saturated carbocycles. The van der Waals surface area contributed by atoms with Crippen LogP contribution >= 0.6 is 0 Å². The molecule has 0 fully saturated rings. The fourth-order valence-electron chi connectivity index (χ4n) is 4.74. The maximum absolute atomic E-state index is 12.9. The molecule has 152 valence electrons. The molecule has 5 nitrogen and oxygen atoms in total. The van der Waals surface area contributed by atoms with E-state index in [9.17, 15) is 4.79 Å². The molecule has 1 unspecified atom stereocenters. The molecule has 5 rings (SSSR count). The van der Waals surface area contributed by atoms with Gasteiger partial charge in [0.2, 0.25) is 0 Å². The Balaban J connectivity index is 1.84. The van der Waals surface area contributed by atoms with Gasteiger partial charge in [-0.25, -0.2) is 4.79 Å². The number of hydrogen-bond donors (Lipinski definition) is 1. The highest BCUT2D eigenvalue weighted by Crippen LogP contribution is 2.57. The molecule has 0 radical (unpaired) electrons. The van der Waals surface area contributed by atoms with E-state index in [4.69, 9.17) is 15.2 Å². The zero-order valence-electron chi connectivity index (χ0n) is 17.4. The van der Waals surface area contributed by atoms with E-state index in [-0.39, 0.29) is 5.97 Å². The van der Waals surface area contributed by atoms with Crippen LogP contribution in [0.3, 0.4) is 0 Å². The SMILES string of the molecule is CCN(CC)c1ccc2c(c1)Oc1c(C)cc(N)cc1C21OC(=O)c2ccccc21. The Labute approximate surface area is 176 Å². The number of nitrogens with two attached hydrogens (primary N) is 1. The van der Waals surface area contributed by atoms with Crippen molar-refractivity contribution < 1.29 is 14.3 Å². The van der Waals surface area contributed by atoms with Gasteiger partial charge < -0.3 is 20.1 Å². The van der Waals surface area contributed by atoms with Crippen molar-refractivity contribution >= 4 is 17.3 Å². The van der Waals surface area contributed by atoms with Crippen molar-refractivity contribution in [1.29, 1.82) is 0 Å². The van der Waals surface area contributed by atoms with E-state index in [0.717, 1.165) is 41.0 Å². The van der Waals surface area contributed by atoms with Crippen molar-refractivity contribution in [3.63, 3.8) is 0 Å². The number of carbonyl (C=O) groups excluding carboxylic acids is 1. The summed E-state index contributed by atoms with van der Waals surface area (Å²) in [6.07, 6.45) is 0. The number of carbonyl (C=O) groups is 1. The summed E-state index contributed by atoms with van der Waals surface area (Å²) in [5.41, 5.74) is 10.7. The third-order valence-electron chi connectivity index (χ3n) is 6.13. The highest BCUT2D eigenvalue weighted by atomic mass is 16.6. The smallest absolute Gasteiger partial charge is 0.340 e. The number of nitrogen functional groups attached to an aromatic ring is 1. The van der Waals surface area contributed by atoms with Gasteiger partial charge in [-0.2, -0.15) is 0 Å². The number of benzene rings is 3. The summed E-state index contributed by atoms with van der Waals surface area (Å²) in [6, 6.07) is 17.4. The van der Waals surface area contributed by atoms with Crippen molar-refractivity contribution in [3.8, 4) is 11.5 Å². The third kappa shape index (κ3) is 2.38. The largest absolute Gasteiger partial charge is 0.456 e. The van der Waals surface area contributed by atoms with Crippen LogP contribution in [0.2, 0.25) is 0 Å². The quantitative estimate of drug-likeness (QED) is 0.496. The lowest BCUT2D eigenvalue weighted by molar-refractivity contribution is 0.0224. The number of ether oxygens (including phenoxy) is 2. The lowest BCUT2D eigenvalue weighted by Gasteiger charge is -2.38. The molecule has 0 aliphatic carbocycles. The van der Waals surface area contributed by atoms with Crippen LogP contribution in [0.1, 0.15) is 46.5 Å². The highest BCUT2D eigenvalue weighted by molar-refractivity contribution is 5.97. The van der Waals surface area contributed by atoms with Crippen LogP contribution in [0, 0.1) is 6.92 Å². The molecule has 1 atom stereocenters. The number of rotatable bonds is 3. The predicted molar refractivity (Wildman–Crippen MR) is 117 cm³/mol. The summed E-state index contributed by atoms with van der Waals surface area (Å²) < 4.78 is 12.6. The van der Waals surface area contributed by atoms with Crippen LogP contribution < -0.4 is 15.4 Å². The summed E-state index contributed by atoms with van der Waals surface area (Å²) in [4.78, 5) is 15.2. The first-order valence-electron chi connectivity index (χ1n) is 10.3. The van der Waals surface area contributed by atoms with Crippen LogP contribution in [0.4, 0.5) is 11.4 Å². The van der Waals surface area contributed by atoms with E-state index >= 15 is 0 Å². The first kappa shape index (κ1) is 18.6. The van der Waals surface area contributed by atoms with Gasteiger partial charge in [-0.1, -0.05) is 18.2 Å². The summed E-state index contributed by atoms with van der Waals surface area (Å²) in [5.74, 6) is 1.06. The zero-order chi connectivity index (χ0) is 21.0. The topological polar surface area (TPSA) is 64.8 Å². The van der Waals surface area contributed by atoms with Gasteiger partial charge in [0.25, 0.3) is 0 Å². The Kier molecular flexibility index (Phi) is 4.03. The van der Waals surface area contributed by atoms with Crippen LogP contribution in [0.25, 0.3) is 0 Å². The first-order chi connectivity index (χ1) is 14.5. The molecule has 3 aromatic carbocycles. The van der Waals surface area contributed by atoms with E-state index in [1.165, 1.54) is 0 Å². The maximum Gasteiger partial charge on any atom is 0.340 e. The molecular formula is C25H24N2O3. The standard InChI is InChI=1S/C25H24N2O3/c1-4-27(5-2)17-10-11-20-22(14-17)29-23-15(3)12-16(26)13-21(23)25(20)19-9-7-6-8-18(19)24(28)30-25/h6-14H,4-5,26H2,1-3H3. The second kappa shape index (κ2) is 6.52. The molecule has 2 N–H and O–H groups in total. The van der Waals surface area contributed by atoms with Crippen LogP contribution in [-0.4, -0.2) is 19.1 Å². The van der Waals surface area contributed by atoms with Gasteiger partial charge in [-0.15, -0.1) is 0 Å². The molecular weight excluding hydrogens is 376 g/mol. The summed E-state index contributed by atoms with van der Waals surface area (Å²) in [6.45, 7) is 8.00. The predicted octanol–water partition coefficient (Wildman–Crippen LogP) is 4.99. The van der Waals surface area contributed by atoms with Gasteiger partial charge in [0.1, 0.15) is 11.5 Å². The average Bonchev–Trinajstić information content (AvgIpc) is 3.04. The maximum atomic E-state index is 12.9. The second-order valence-electron chi connectivity index (χ2n) is 7.79. The molecule has 2 aliphatic heterocycles. The van der Waals surface area contributed by atoms with Gasteiger partial charge in [-0.05, 0) is 56.7 Å². The van der Waals surface area contributed by atoms with Gasteiger partial charge in [-0.3, -0.25) is 0 Å². The van der Waals surface area contributed by atoms with Crippen LogP contribution in [0.5, 0.6) is 11.5 Å². The highest BCUT2D eigenvalue weighted by Gasteiger charge is 2.53. The monoisotopic (exact) mass is 400 g/mol. The average molecular weight is 400 g/mol.